The lowest BCUT2D eigenvalue weighted by Crippen LogP contribution is -2.37. The summed E-state index contributed by atoms with van der Waals surface area (Å²) < 4.78 is 18.6. The number of ether oxygens (including phenoxy) is 3. The maximum Gasteiger partial charge on any atom is 0.330 e. The molecule has 3 rings (SSSR count). The predicted molar refractivity (Wildman–Crippen MR) is 68.1 cm³/mol. The van der Waals surface area contributed by atoms with Gasteiger partial charge in [0, 0.05) is 18.8 Å². The summed E-state index contributed by atoms with van der Waals surface area (Å²) in [5.41, 5.74) is 4.67. The first-order chi connectivity index (χ1) is 9.41. The lowest BCUT2D eigenvalue weighted by Gasteiger charge is -2.24. The van der Waals surface area contributed by atoms with Crippen LogP contribution in [0.25, 0.3) is 0 Å². The SMILES string of the molecule is CC1(C)OC2[C@@H](CN)O[C@@H](n3ccc(=O)[nH]c3=O)[C@H]2O1. The third-order valence-electron chi connectivity index (χ3n) is 3.48. The highest BCUT2D eigenvalue weighted by molar-refractivity contribution is 4.98. The first-order valence-electron chi connectivity index (χ1n) is 6.44. The standard InChI is InChI=1S/C12H17N3O5/c1-12(2)19-8-6(5-13)18-10(9(8)20-12)15-4-3-7(16)14-11(15)17/h3-4,6,8-10H,5,13H2,1-2H3,(H,14,16,17)/t6-,8?,9+,10-/m1/s1. The monoisotopic (exact) mass is 283 g/mol. The molecule has 0 bridgehead atoms. The summed E-state index contributed by atoms with van der Waals surface area (Å²) >= 11 is 0. The van der Waals surface area contributed by atoms with Crippen molar-refractivity contribution in [2.24, 2.45) is 5.73 Å². The van der Waals surface area contributed by atoms with Crippen molar-refractivity contribution >= 4 is 0 Å². The van der Waals surface area contributed by atoms with Gasteiger partial charge in [-0.3, -0.25) is 14.3 Å². The van der Waals surface area contributed by atoms with E-state index < -0.39 is 29.4 Å². The van der Waals surface area contributed by atoms with Crippen LogP contribution in [-0.2, 0) is 14.2 Å². The van der Waals surface area contributed by atoms with Gasteiger partial charge in [0.2, 0.25) is 0 Å². The molecule has 2 fully saturated rings. The molecule has 20 heavy (non-hydrogen) atoms. The van der Waals surface area contributed by atoms with E-state index in [1.54, 1.807) is 13.8 Å². The second-order valence-electron chi connectivity index (χ2n) is 5.38. The number of aromatic nitrogens is 2. The van der Waals surface area contributed by atoms with Crippen molar-refractivity contribution < 1.29 is 14.2 Å². The summed E-state index contributed by atoms with van der Waals surface area (Å²) in [7, 11) is 0. The van der Waals surface area contributed by atoms with Gasteiger partial charge in [-0.25, -0.2) is 4.79 Å². The molecule has 3 heterocycles. The molecule has 0 radical (unpaired) electrons. The summed E-state index contributed by atoms with van der Waals surface area (Å²) in [6, 6.07) is 1.26. The predicted octanol–water partition coefficient (Wildman–Crippen LogP) is -1.09. The van der Waals surface area contributed by atoms with Gasteiger partial charge >= 0.3 is 5.69 Å². The average Bonchev–Trinajstić information content (AvgIpc) is 2.83. The zero-order valence-electron chi connectivity index (χ0n) is 11.2. The molecule has 0 spiro atoms. The Hall–Kier alpha value is -1.48. The third kappa shape index (κ3) is 2.10. The van der Waals surface area contributed by atoms with Crippen molar-refractivity contribution in [1.29, 1.82) is 0 Å². The number of nitrogens with one attached hydrogen (secondary N) is 1. The molecule has 1 unspecified atom stereocenters. The molecule has 2 saturated heterocycles. The highest BCUT2D eigenvalue weighted by Crippen LogP contribution is 2.42. The van der Waals surface area contributed by atoms with E-state index in [4.69, 9.17) is 19.9 Å². The molecule has 0 aliphatic carbocycles. The maximum absolute atomic E-state index is 11.9. The molecule has 1 aromatic rings. The van der Waals surface area contributed by atoms with Crippen LogP contribution in [0, 0.1) is 0 Å². The highest BCUT2D eigenvalue weighted by Gasteiger charge is 2.55. The number of rotatable bonds is 2. The number of H-pyrrole nitrogens is 1. The Balaban J connectivity index is 1.98. The van der Waals surface area contributed by atoms with E-state index in [0.717, 1.165) is 0 Å². The zero-order chi connectivity index (χ0) is 14.5. The molecule has 2 aliphatic heterocycles. The summed E-state index contributed by atoms with van der Waals surface area (Å²) in [6.45, 7) is 3.85. The minimum atomic E-state index is -0.753. The van der Waals surface area contributed by atoms with Crippen LogP contribution in [0.1, 0.15) is 20.1 Å². The number of nitrogens with two attached hydrogens (primary N) is 1. The van der Waals surface area contributed by atoms with Gasteiger partial charge in [-0.1, -0.05) is 0 Å². The van der Waals surface area contributed by atoms with Gasteiger partial charge in [0.1, 0.15) is 18.3 Å². The summed E-state index contributed by atoms with van der Waals surface area (Å²) in [5.74, 6) is -0.753. The third-order valence-corrected chi connectivity index (χ3v) is 3.48. The fourth-order valence-corrected chi connectivity index (χ4v) is 2.70. The van der Waals surface area contributed by atoms with Crippen LogP contribution in [0.5, 0.6) is 0 Å². The van der Waals surface area contributed by atoms with Gasteiger partial charge in [-0.05, 0) is 13.8 Å². The topological polar surface area (TPSA) is 109 Å². The summed E-state index contributed by atoms with van der Waals surface area (Å²) in [6.07, 6.45) is -0.414. The normalized spacial score (nSPS) is 35.1. The van der Waals surface area contributed by atoms with Crippen LogP contribution in [-0.4, -0.2) is 40.2 Å². The molecule has 1 aromatic heterocycles. The Bertz CT molecular complexity index is 622. The van der Waals surface area contributed by atoms with Gasteiger partial charge in [-0.15, -0.1) is 0 Å². The fraction of sp³-hybridized carbons (Fsp3) is 0.667. The van der Waals surface area contributed by atoms with Gasteiger partial charge in [-0.2, -0.15) is 0 Å². The van der Waals surface area contributed by atoms with Gasteiger partial charge in [0.15, 0.2) is 12.0 Å². The molecular weight excluding hydrogens is 266 g/mol. The van der Waals surface area contributed by atoms with E-state index in [-0.39, 0.29) is 18.8 Å². The van der Waals surface area contributed by atoms with Crippen molar-refractivity contribution in [1.82, 2.24) is 9.55 Å². The number of aromatic amines is 1. The average molecular weight is 283 g/mol. The Kier molecular flexibility index (Phi) is 3.05. The number of nitrogens with zero attached hydrogens (tertiary/aromatic N) is 1. The Morgan fingerprint density at radius 2 is 2.05 bits per heavy atom. The van der Waals surface area contributed by atoms with Crippen LogP contribution in [0.4, 0.5) is 0 Å². The van der Waals surface area contributed by atoms with Gasteiger partial charge in [0.05, 0.1) is 0 Å². The molecule has 2 aliphatic rings. The number of fused-ring (bicyclic) bond motifs is 1. The molecule has 0 amide bonds. The molecular formula is C12H17N3O5. The van der Waals surface area contributed by atoms with E-state index in [9.17, 15) is 9.59 Å². The van der Waals surface area contributed by atoms with Crippen LogP contribution >= 0.6 is 0 Å². The Labute approximate surface area is 114 Å². The lowest BCUT2D eigenvalue weighted by molar-refractivity contribution is -0.196. The van der Waals surface area contributed by atoms with Gasteiger partial charge in [0.25, 0.3) is 5.56 Å². The summed E-state index contributed by atoms with van der Waals surface area (Å²) in [5, 5.41) is 0. The molecule has 3 N–H and O–H groups in total. The van der Waals surface area contributed by atoms with Crippen molar-refractivity contribution in [2.75, 3.05) is 6.54 Å². The highest BCUT2D eigenvalue weighted by atomic mass is 16.8. The van der Waals surface area contributed by atoms with Crippen LogP contribution in [0.15, 0.2) is 21.9 Å². The lowest BCUT2D eigenvalue weighted by atomic mass is 10.1. The minimum absolute atomic E-state index is 0.259. The van der Waals surface area contributed by atoms with E-state index in [1.165, 1.54) is 16.8 Å². The van der Waals surface area contributed by atoms with Crippen molar-refractivity contribution in [2.45, 2.75) is 44.2 Å². The van der Waals surface area contributed by atoms with E-state index in [2.05, 4.69) is 4.98 Å². The molecule has 8 heteroatoms. The largest absolute Gasteiger partial charge is 0.348 e. The van der Waals surface area contributed by atoms with Crippen molar-refractivity contribution in [3.8, 4) is 0 Å². The Morgan fingerprint density at radius 3 is 2.70 bits per heavy atom. The minimum Gasteiger partial charge on any atom is -0.348 e. The second kappa shape index (κ2) is 4.52. The zero-order valence-corrected chi connectivity index (χ0v) is 11.2. The first-order valence-corrected chi connectivity index (χ1v) is 6.44. The first kappa shape index (κ1) is 13.5. The number of hydrogen-bond donors (Lipinski definition) is 2. The second-order valence-corrected chi connectivity index (χ2v) is 5.38. The molecule has 4 atom stereocenters. The molecule has 110 valence electrons. The van der Waals surface area contributed by atoms with E-state index in [1.807, 2.05) is 0 Å². The smallest absolute Gasteiger partial charge is 0.330 e. The van der Waals surface area contributed by atoms with Gasteiger partial charge < -0.3 is 19.9 Å². The van der Waals surface area contributed by atoms with Crippen molar-refractivity contribution in [3.63, 3.8) is 0 Å². The molecule has 0 saturated carbocycles. The van der Waals surface area contributed by atoms with E-state index in [0.29, 0.717) is 0 Å². The van der Waals surface area contributed by atoms with Crippen LogP contribution in [0.2, 0.25) is 0 Å². The molecule has 8 nitrogen and oxygen atoms in total. The van der Waals surface area contributed by atoms with Crippen molar-refractivity contribution in [3.05, 3.63) is 33.1 Å². The fourth-order valence-electron chi connectivity index (χ4n) is 2.70. The Morgan fingerprint density at radius 1 is 1.35 bits per heavy atom. The maximum atomic E-state index is 11.9. The quantitative estimate of drug-likeness (QED) is 0.714. The van der Waals surface area contributed by atoms with Crippen LogP contribution < -0.4 is 17.0 Å². The van der Waals surface area contributed by atoms with E-state index >= 15 is 0 Å². The molecule has 0 aromatic carbocycles. The summed E-state index contributed by atoms with van der Waals surface area (Å²) in [4.78, 5) is 25.2. The number of hydrogen-bond acceptors (Lipinski definition) is 6. The van der Waals surface area contributed by atoms with Crippen LogP contribution in [0.3, 0.4) is 0 Å².